The molecule has 0 aliphatic carbocycles. The van der Waals surface area contributed by atoms with Crippen molar-refractivity contribution in [3.8, 4) is 0 Å². The van der Waals surface area contributed by atoms with Crippen molar-refractivity contribution in [2.75, 3.05) is 6.54 Å². The minimum Gasteiger partial charge on any atom is -0.332 e. The van der Waals surface area contributed by atoms with E-state index in [1.165, 1.54) is 11.3 Å². The van der Waals surface area contributed by atoms with Crippen LogP contribution >= 0.6 is 0 Å². The molecule has 1 saturated heterocycles. The second-order valence-electron chi connectivity index (χ2n) is 4.06. The predicted molar refractivity (Wildman–Crippen MR) is 54.6 cm³/mol. The summed E-state index contributed by atoms with van der Waals surface area (Å²) in [7, 11) is 0. The highest BCUT2D eigenvalue weighted by molar-refractivity contribution is 5.83. The Hall–Kier alpha value is -0.830. The average Bonchev–Trinajstić information content (AvgIpc) is 2.44. The van der Waals surface area contributed by atoms with Gasteiger partial charge in [-0.05, 0) is 26.3 Å². The number of hydrogen-bond acceptors (Lipinski definition) is 3. The molecule has 2 aliphatic heterocycles. The molecule has 3 heteroatoms. The SMILES string of the molecule is CC1=NC(C)C(C)=C2CC(N)CN12. The average molecular weight is 179 g/mol. The summed E-state index contributed by atoms with van der Waals surface area (Å²) in [6.45, 7) is 7.32. The van der Waals surface area contributed by atoms with Gasteiger partial charge in [-0.2, -0.15) is 0 Å². The number of amidine groups is 1. The summed E-state index contributed by atoms with van der Waals surface area (Å²) in [5, 5.41) is 0. The van der Waals surface area contributed by atoms with E-state index in [0.29, 0.717) is 12.1 Å². The van der Waals surface area contributed by atoms with Crippen LogP contribution in [0.25, 0.3) is 0 Å². The van der Waals surface area contributed by atoms with E-state index in [0.717, 1.165) is 18.8 Å². The van der Waals surface area contributed by atoms with Crippen molar-refractivity contribution in [3.63, 3.8) is 0 Å². The summed E-state index contributed by atoms with van der Waals surface area (Å²) in [5.74, 6) is 1.13. The monoisotopic (exact) mass is 179 g/mol. The van der Waals surface area contributed by atoms with Crippen LogP contribution in [-0.2, 0) is 0 Å². The predicted octanol–water partition coefficient (Wildman–Crippen LogP) is 1.11. The number of nitrogens with zero attached hydrogens (tertiary/aromatic N) is 2. The van der Waals surface area contributed by atoms with E-state index >= 15 is 0 Å². The highest BCUT2D eigenvalue weighted by Crippen LogP contribution is 2.30. The van der Waals surface area contributed by atoms with Gasteiger partial charge in [0.1, 0.15) is 5.84 Å². The highest BCUT2D eigenvalue weighted by Gasteiger charge is 2.31. The lowest BCUT2D eigenvalue weighted by molar-refractivity contribution is 0.530. The van der Waals surface area contributed by atoms with E-state index in [1.54, 1.807) is 0 Å². The van der Waals surface area contributed by atoms with Gasteiger partial charge in [-0.1, -0.05) is 0 Å². The molecular formula is C10H17N3. The van der Waals surface area contributed by atoms with E-state index in [-0.39, 0.29) is 0 Å². The van der Waals surface area contributed by atoms with Gasteiger partial charge < -0.3 is 10.6 Å². The van der Waals surface area contributed by atoms with Crippen molar-refractivity contribution in [2.45, 2.75) is 39.3 Å². The van der Waals surface area contributed by atoms with Crippen LogP contribution in [0.15, 0.2) is 16.3 Å². The Morgan fingerprint density at radius 1 is 1.46 bits per heavy atom. The molecule has 2 N–H and O–H groups in total. The van der Waals surface area contributed by atoms with Crippen LogP contribution in [0.4, 0.5) is 0 Å². The molecular weight excluding hydrogens is 162 g/mol. The normalized spacial score (nSPS) is 33.5. The van der Waals surface area contributed by atoms with Crippen LogP contribution in [-0.4, -0.2) is 29.4 Å². The van der Waals surface area contributed by atoms with E-state index in [2.05, 4.69) is 30.7 Å². The number of rotatable bonds is 0. The van der Waals surface area contributed by atoms with E-state index < -0.39 is 0 Å². The quantitative estimate of drug-likeness (QED) is 0.605. The topological polar surface area (TPSA) is 41.6 Å². The van der Waals surface area contributed by atoms with Gasteiger partial charge in [-0.3, -0.25) is 4.99 Å². The molecule has 0 saturated carbocycles. The van der Waals surface area contributed by atoms with Crippen molar-refractivity contribution in [3.05, 3.63) is 11.3 Å². The van der Waals surface area contributed by atoms with Gasteiger partial charge in [-0.25, -0.2) is 0 Å². The number of fused-ring (bicyclic) bond motifs is 1. The second-order valence-corrected chi connectivity index (χ2v) is 4.06. The lowest BCUT2D eigenvalue weighted by Gasteiger charge is -2.28. The fraction of sp³-hybridized carbons (Fsp3) is 0.700. The maximum atomic E-state index is 5.93. The zero-order valence-corrected chi connectivity index (χ0v) is 8.54. The molecule has 72 valence electrons. The third kappa shape index (κ3) is 1.27. The summed E-state index contributed by atoms with van der Waals surface area (Å²) >= 11 is 0. The van der Waals surface area contributed by atoms with E-state index in [4.69, 9.17) is 5.73 Å². The van der Waals surface area contributed by atoms with Crippen molar-refractivity contribution in [2.24, 2.45) is 10.7 Å². The van der Waals surface area contributed by atoms with Gasteiger partial charge in [0.15, 0.2) is 0 Å². The number of aliphatic imine (C=N–C) groups is 1. The Balaban J connectivity index is 2.37. The van der Waals surface area contributed by atoms with Gasteiger partial charge in [0.25, 0.3) is 0 Å². The maximum absolute atomic E-state index is 5.93. The van der Waals surface area contributed by atoms with Crippen LogP contribution in [0.3, 0.4) is 0 Å². The molecule has 0 aromatic rings. The maximum Gasteiger partial charge on any atom is 0.101 e. The van der Waals surface area contributed by atoms with E-state index in [1.807, 2.05) is 0 Å². The van der Waals surface area contributed by atoms with Crippen molar-refractivity contribution < 1.29 is 0 Å². The summed E-state index contributed by atoms with van der Waals surface area (Å²) < 4.78 is 0. The first-order valence-corrected chi connectivity index (χ1v) is 4.86. The molecule has 0 radical (unpaired) electrons. The van der Waals surface area contributed by atoms with Crippen molar-refractivity contribution in [1.82, 2.24) is 4.90 Å². The minimum absolute atomic E-state index is 0.292. The summed E-state index contributed by atoms with van der Waals surface area (Å²) in [6.07, 6.45) is 1.02. The Kier molecular flexibility index (Phi) is 1.91. The van der Waals surface area contributed by atoms with Gasteiger partial charge >= 0.3 is 0 Å². The Morgan fingerprint density at radius 2 is 2.15 bits per heavy atom. The summed E-state index contributed by atoms with van der Waals surface area (Å²) in [4.78, 5) is 6.83. The third-order valence-electron chi connectivity index (χ3n) is 3.05. The van der Waals surface area contributed by atoms with Crippen molar-refractivity contribution in [1.29, 1.82) is 0 Å². The lowest BCUT2D eigenvalue weighted by Crippen LogP contribution is -2.33. The first-order chi connectivity index (χ1) is 6.09. The van der Waals surface area contributed by atoms with Gasteiger partial charge in [0.05, 0.1) is 6.04 Å². The lowest BCUT2D eigenvalue weighted by atomic mass is 10.0. The largest absolute Gasteiger partial charge is 0.332 e. The molecule has 13 heavy (non-hydrogen) atoms. The first kappa shape index (κ1) is 8.75. The van der Waals surface area contributed by atoms with Gasteiger partial charge in [0, 0.05) is 24.7 Å². The number of hydrogen-bond donors (Lipinski definition) is 1. The second kappa shape index (κ2) is 2.84. The highest BCUT2D eigenvalue weighted by atomic mass is 15.2. The third-order valence-corrected chi connectivity index (χ3v) is 3.05. The zero-order valence-electron chi connectivity index (χ0n) is 8.54. The molecule has 2 aliphatic rings. The smallest absolute Gasteiger partial charge is 0.101 e. The molecule has 0 spiro atoms. The van der Waals surface area contributed by atoms with Gasteiger partial charge in [-0.15, -0.1) is 0 Å². The van der Waals surface area contributed by atoms with Crippen LogP contribution in [0.1, 0.15) is 27.2 Å². The Morgan fingerprint density at radius 3 is 2.85 bits per heavy atom. The van der Waals surface area contributed by atoms with Crippen LogP contribution < -0.4 is 5.73 Å². The molecule has 2 heterocycles. The van der Waals surface area contributed by atoms with E-state index in [9.17, 15) is 0 Å². The first-order valence-electron chi connectivity index (χ1n) is 4.86. The fourth-order valence-electron chi connectivity index (χ4n) is 2.16. The zero-order chi connectivity index (χ0) is 9.59. The Labute approximate surface area is 79.3 Å². The van der Waals surface area contributed by atoms with Crippen LogP contribution in [0.5, 0.6) is 0 Å². The molecule has 1 fully saturated rings. The molecule has 0 aromatic heterocycles. The molecule has 0 bridgehead atoms. The van der Waals surface area contributed by atoms with Crippen LogP contribution in [0.2, 0.25) is 0 Å². The fourth-order valence-corrected chi connectivity index (χ4v) is 2.16. The standard InChI is InChI=1S/C10H17N3/c1-6-7(2)12-8(3)13-5-9(11)4-10(6)13/h7,9H,4-5,11H2,1-3H3. The summed E-state index contributed by atoms with van der Waals surface area (Å²) in [5.41, 5.74) is 8.73. The summed E-state index contributed by atoms with van der Waals surface area (Å²) in [6, 6.07) is 0.636. The van der Waals surface area contributed by atoms with Crippen molar-refractivity contribution >= 4 is 5.84 Å². The molecule has 0 amide bonds. The van der Waals surface area contributed by atoms with Crippen LogP contribution in [0, 0.1) is 0 Å². The minimum atomic E-state index is 0.292. The van der Waals surface area contributed by atoms with Gasteiger partial charge in [0.2, 0.25) is 0 Å². The molecule has 2 atom stereocenters. The number of nitrogens with two attached hydrogens (primary N) is 1. The molecule has 0 aromatic carbocycles. The molecule has 2 unspecified atom stereocenters. The Bertz CT molecular complexity index is 291. The molecule has 2 rings (SSSR count). The molecule has 3 nitrogen and oxygen atoms in total.